The Morgan fingerprint density at radius 3 is 2.79 bits per heavy atom. The number of sulfonamides is 1. The zero-order valence-electron chi connectivity index (χ0n) is 17.8. The number of carbonyl (C=O) groups excluding carboxylic acids is 1. The lowest BCUT2D eigenvalue weighted by molar-refractivity contribution is 0.0598. The number of furan rings is 1. The maximum Gasteiger partial charge on any atom is 0.341 e. The van der Waals surface area contributed by atoms with Crippen LogP contribution in [0.25, 0.3) is 10.9 Å². The van der Waals surface area contributed by atoms with Crippen LogP contribution in [0.5, 0.6) is 0 Å². The van der Waals surface area contributed by atoms with E-state index in [9.17, 15) is 13.2 Å². The van der Waals surface area contributed by atoms with Crippen molar-refractivity contribution in [1.29, 1.82) is 0 Å². The van der Waals surface area contributed by atoms with Gasteiger partial charge in [0.05, 0.1) is 36.7 Å². The Morgan fingerprint density at radius 1 is 1.15 bits per heavy atom. The van der Waals surface area contributed by atoms with Crippen LogP contribution in [0, 0.1) is 6.92 Å². The lowest BCUT2D eigenvalue weighted by Crippen LogP contribution is -2.25. The van der Waals surface area contributed by atoms with Gasteiger partial charge in [-0.15, -0.1) is 0 Å². The van der Waals surface area contributed by atoms with E-state index in [1.807, 2.05) is 30.3 Å². The summed E-state index contributed by atoms with van der Waals surface area (Å²) in [6, 6.07) is 10.9. The van der Waals surface area contributed by atoms with E-state index in [1.54, 1.807) is 6.20 Å². The average Bonchev–Trinajstić information content (AvgIpc) is 3.44. The predicted molar refractivity (Wildman–Crippen MR) is 118 cm³/mol. The zero-order valence-corrected chi connectivity index (χ0v) is 18.6. The fraction of sp³-hybridized carbons (Fsp3) is 0.182. The van der Waals surface area contributed by atoms with E-state index in [-0.39, 0.29) is 29.5 Å². The van der Waals surface area contributed by atoms with Crippen LogP contribution in [-0.4, -0.2) is 40.8 Å². The molecule has 33 heavy (non-hydrogen) atoms. The van der Waals surface area contributed by atoms with Crippen LogP contribution in [-0.2, 0) is 27.8 Å². The largest absolute Gasteiger partial charge is 0.465 e. The number of anilines is 2. The van der Waals surface area contributed by atoms with Gasteiger partial charge in [0.1, 0.15) is 23.5 Å². The second kappa shape index (κ2) is 7.94. The van der Waals surface area contributed by atoms with Crippen molar-refractivity contribution in [1.82, 2.24) is 19.3 Å². The Bertz CT molecular complexity index is 1500. The summed E-state index contributed by atoms with van der Waals surface area (Å²) in [5.41, 5.74) is 2.90. The highest BCUT2D eigenvalue weighted by Crippen LogP contribution is 2.33. The van der Waals surface area contributed by atoms with E-state index in [0.717, 1.165) is 16.6 Å². The standard InChI is InChI=1S/C22H19N5O5S/c1-13-16(22(28)31-2)8-20(32-13)33(29,30)27-10-17-19(11-27)24-12-25-21(17)26-15-7-14-5-3-4-6-18(14)23-9-15/h3-9,12H,10-11H2,1-2H3,(H,24,25,26). The van der Waals surface area contributed by atoms with E-state index in [1.165, 1.54) is 30.7 Å². The molecule has 1 aliphatic rings. The smallest absolute Gasteiger partial charge is 0.341 e. The summed E-state index contributed by atoms with van der Waals surface area (Å²) in [5.74, 6) is 0.00694. The minimum absolute atomic E-state index is 0.0507. The van der Waals surface area contributed by atoms with E-state index in [0.29, 0.717) is 17.1 Å². The molecule has 11 heteroatoms. The summed E-state index contributed by atoms with van der Waals surface area (Å²) >= 11 is 0. The molecule has 0 aliphatic carbocycles. The monoisotopic (exact) mass is 465 g/mol. The van der Waals surface area contributed by atoms with Gasteiger partial charge in [0.2, 0.25) is 5.09 Å². The molecular formula is C22H19N5O5S. The first-order valence-corrected chi connectivity index (χ1v) is 11.4. The van der Waals surface area contributed by atoms with Crippen molar-refractivity contribution in [3.8, 4) is 0 Å². The maximum atomic E-state index is 13.2. The van der Waals surface area contributed by atoms with Crippen LogP contribution in [0.15, 0.2) is 58.4 Å². The molecule has 0 amide bonds. The normalized spacial score (nSPS) is 13.8. The topological polar surface area (TPSA) is 128 Å². The number of benzene rings is 1. The van der Waals surface area contributed by atoms with Crippen molar-refractivity contribution in [2.45, 2.75) is 25.1 Å². The molecule has 5 rings (SSSR count). The van der Waals surface area contributed by atoms with Crippen molar-refractivity contribution in [3.05, 3.63) is 71.5 Å². The van der Waals surface area contributed by atoms with Crippen molar-refractivity contribution < 1.29 is 22.4 Å². The number of nitrogens with zero attached hydrogens (tertiary/aromatic N) is 4. The molecule has 4 heterocycles. The number of para-hydroxylation sites is 1. The lowest BCUT2D eigenvalue weighted by atomic mass is 10.2. The van der Waals surface area contributed by atoms with Gasteiger partial charge in [-0.25, -0.2) is 23.2 Å². The molecule has 1 N–H and O–H groups in total. The first-order chi connectivity index (χ1) is 15.9. The molecule has 3 aromatic heterocycles. The van der Waals surface area contributed by atoms with Gasteiger partial charge in [0, 0.05) is 23.6 Å². The number of hydrogen-bond acceptors (Lipinski definition) is 9. The molecule has 0 spiro atoms. The molecule has 4 aromatic rings. The third-order valence-electron chi connectivity index (χ3n) is 5.44. The minimum Gasteiger partial charge on any atom is -0.465 e. The second-order valence-electron chi connectivity index (χ2n) is 7.49. The van der Waals surface area contributed by atoms with E-state index in [2.05, 4.69) is 25.0 Å². The fourth-order valence-electron chi connectivity index (χ4n) is 3.73. The van der Waals surface area contributed by atoms with E-state index < -0.39 is 16.0 Å². The second-order valence-corrected chi connectivity index (χ2v) is 9.36. The van der Waals surface area contributed by atoms with E-state index in [4.69, 9.17) is 4.42 Å². The Balaban J connectivity index is 1.43. The van der Waals surface area contributed by atoms with Gasteiger partial charge in [-0.05, 0) is 19.1 Å². The highest BCUT2D eigenvalue weighted by atomic mass is 32.2. The summed E-state index contributed by atoms with van der Waals surface area (Å²) in [7, 11) is -2.80. The molecule has 1 aromatic carbocycles. The molecular weight excluding hydrogens is 446 g/mol. The molecule has 0 saturated heterocycles. The number of fused-ring (bicyclic) bond motifs is 2. The molecule has 0 unspecified atom stereocenters. The Hall–Kier alpha value is -3.83. The Kier molecular flexibility index (Phi) is 5.06. The molecule has 0 fully saturated rings. The first kappa shape index (κ1) is 21.0. The molecule has 0 bridgehead atoms. The van der Waals surface area contributed by atoms with Crippen LogP contribution >= 0.6 is 0 Å². The SMILES string of the molecule is COC(=O)c1cc(S(=O)(=O)N2Cc3ncnc(Nc4cnc5ccccc5c4)c3C2)oc1C. The predicted octanol–water partition coefficient (Wildman–Crippen LogP) is 3.16. The highest BCUT2D eigenvalue weighted by molar-refractivity contribution is 7.89. The molecule has 0 atom stereocenters. The molecule has 0 radical (unpaired) electrons. The minimum atomic E-state index is -4.02. The third kappa shape index (κ3) is 3.70. The maximum absolute atomic E-state index is 13.2. The van der Waals surface area contributed by atoms with Crippen LogP contribution in [0.4, 0.5) is 11.5 Å². The Labute approximate surface area is 189 Å². The molecule has 168 valence electrons. The van der Waals surface area contributed by atoms with Crippen LogP contribution in [0.2, 0.25) is 0 Å². The van der Waals surface area contributed by atoms with Gasteiger partial charge >= 0.3 is 5.97 Å². The quantitative estimate of drug-likeness (QED) is 0.442. The Morgan fingerprint density at radius 2 is 1.97 bits per heavy atom. The number of pyridine rings is 1. The van der Waals surface area contributed by atoms with Crippen LogP contribution < -0.4 is 5.32 Å². The van der Waals surface area contributed by atoms with Gasteiger partial charge < -0.3 is 14.5 Å². The van der Waals surface area contributed by atoms with Crippen molar-refractivity contribution in [2.24, 2.45) is 0 Å². The van der Waals surface area contributed by atoms with Crippen molar-refractivity contribution >= 4 is 38.4 Å². The van der Waals surface area contributed by atoms with Gasteiger partial charge in [-0.1, -0.05) is 18.2 Å². The number of aromatic nitrogens is 3. The number of rotatable bonds is 5. The van der Waals surface area contributed by atoms with Crippen LogP contribution in [0.1, 0.15) is 27.4 Å². The van der Waals surface area contributed by atoms with Crippen LogP contribution in [0.3, 0.4) is 0 Å². The summed E-state index contributed by atoms with van der Waals surface area (Å²) in [5, 5.41) is 3.86. The van der Waals surface area contributed by atoms with E-state index >= 15 is 0 Å². The number of methoxy groups -OCH3 is 1. The molecule has 1 aliphatic heterocycles. The molecule has 10 nitrogen and oxygen atoms in total. The van der Waals surface area contributed by atoms with Gasteiger partial charge in [-0.2, -0.15) is 4.31 Å². The fourth-order valence-corrected chi connectivity index (χ4v) is 5.07. The number of hydrogen-bond donors (Lipinski definition) is 1. The number of nitrogens with one attached hydrogen (secondary N) is 1. The number of aryl methyl sites for hydroxylation is 1. The van der Waals surface area contributed by atoms with Gasteiger partial charge in [0.15, 0.2) is 0 Å². The number of carbonyl (C=O) groups is 1. The lowest BCUT2D eigenvalue weighted by Gasteiger charge is -2.13. The summed E-state index contributed by atoms with van der Waals surface area (Å²) in [6.07, 6.45) is 3.08. The molecule has 0 saturated carbocycles. The highest BCUT2D eigenvalue weighted by Gasteiger charge is 2.36. The van der Waals surface area contributed by atoms with Gasteiger partial charge in [-0.3, -0.25) is 4.98 Å². The number of esters is 1. The number of ether oxygens (including phenoxy) is 1. The average molecular weight is 465 g/mol. The third-order valence-corrected chi connectivity index (χ3v) is 7.09. The summed E-state index contributed by atoms with van der Waals surface area (Å²) in [4.78, 5) is 24.9. The van der Waals surface area contributed by atoms with Crippen molar-refractivity contribution in [3.63, 3.8) is 0 Å². The summed E-state index contributed by atoms with van der Waals surface area (Å²) < 4.78 is 37.7. The summed E-state index contributed by atoms with van der Waals surface area (Å²) in [6.45, 7) is 1.61. The first-order valence-electron chi connectivity index (χ1n) is 10.0. The van der Waals surface area contributed by atoms with Gasteiger partial charge in [0.25, 0.3) is 10.0 Å². The van der Waals surface area contributed by atoms with Crippen molar-refractivity contribution in [2.75, 3.05) is 12.4 Å². The zero-order chi connectivity index (χ0) is 23.2.